The van der Waals surface area contributed by atoms with Crippen LogP contribution < -0.4 is 4.74 Å². The van der Waals surface area contributed by atoms with Crippen LogP contribution in [0.2, 0.25) is 0 Å². The van der Waals surface area contributed by atoms with E-state index in [1.165, 1.54) is 12.1 Å². The first-order valence-electron chi connectivity index (χ1n) is 6.29. The summed E-state index contributed by atoms with van der Waals surface area (Å²) in [5.41, 5.74) is 0.167. The van der Waals surface area contributed by atoms with Gasteiger partial charge in [0.2, 0.25) is 0 Å². The first kappa shape index (κ1) is 15.3. The van der Waals surface area contributed by atoms with E-state index in [0.717, 1.165) is 17.7 Å². The molecule has 0 bridgehead atoms. The summed E-state index contributed by atoms with van der Waals surface area (Å²) in [5, 5.41) is 0. The Bertz CT molecular complexity index is 595. The number of halogens is 3. The summed E-state index contributed by atoms with van der Waals surface area (Å²) in [6.07, 6.45) is -1.08. The Hall–Kier alpha value is -2.08. The maximum atomic E-state index is 12.5. The minimum Gasteiger partial charge on any atom is -0.457 e. The van der Waals surface area contributed by atoms with Crippen LogP contribution >= 0.6 is 0 Å². The van der Waals surface area contributed by atoms with Gasteiger partial charge in [0.25, 0.3) is 0 Å². The fourth-order valence-corrected chi connectivity index (χ4v) is 1.81. The van der Waals surface area contributed by atoms with Crippen molar-refractivity contribution in [3.8, 4) is 11.5 Å². The molecule has 0 fully saturated rings. The molecule has 0 aliphatic carbocycles. The second kappa shape index (κ2) is 6.13. The largest absolute Gasteiger partial charge is 0.457 e. The van der Waals surface area contributed by atoms with E-state index in [4.69, 9.17) is 4.74 Å². The minimum absolute atomic E-state index is 0.356. The maximum absolute atomic E-state index is 12.5. The fourth-order valence-electron chi connectivity index (χ4n) is 1.81. The molecule has 1 aromatic heterocycles. The summed E-state index contributed by atoms with van der Waals surface area (Å²) in [5.74, 6) is 0.938. The van der Waals surface area contributed by atoms with Crippen molar-refractivity contribution >= 4 is 0 Å². The molecule has 0 saturated heterocycles. The van der Waals surface area contributed by atoms with Crippen molar-refractivity contribution in [2.75, 3.05) is 14.1 Å². The van der Waals surface area contributed by atoms with Crippen molar-refractivity contribution in [2.45, 2.75) is 12.7 Å². The lowest BCUT2D eigenvalue weighted by Crippen LogP contribution is -2.11. The third-order valence-electron chi connectivity index (χ3n) is 2.75. The SMILES string of the molecule is CN(C)Cc1cnccc1Oc1ccc(C(F)(F)F)cc1. The van der Waals surface area contributed by atoms with Crippen molar-refractivity contribution in [3.05, 3.63) is 53.9 Å². The zero-order valence-corrected chi connectivity index (χ0v) is 11.7. The molecule has 0 radical (unpaired) electrons. The lowest BCUT2D eigenvalue weighted by atomic mass is 10.2. The highest BCUT2D eigenvalue weighted by Crippen LogP contribution is 2.32. The predicted octanol–water partition coefficient (Wildman–Crippen LogP) is 3.95. The fraction of sp³-hybridized carbons (Fsp3) is 0.267. The van der Waals surface area contributed by atoms with Crippen LogP contribution in [-0.2, 0) is 12.7 Å². The summed E-state index contributed by atoms with van der Waals surface area (Å²) in [4.78, 5) is 5.99. The van der Waals surface area contributed by atoms with Gasteiger partial charge in [-0.25, -0.2) is 0 Å². The molecule has 3 nitrogen and oxygen atoms in total. The molecule has 2 aromatic rings. The van der Waals surface area contributed by atoms with Crippen LogP contribution in [0.1, 0.15) is 11.1 Å². The monoisotopic (exact) mass is 296 g/mol. The molecule has 0 aliphatic heterocycles. The van der Waals surface area contributed by atoms with Gasteiger partial charge < -0.3 is 9.64 Å². The van der Waals surface area contributed by atoms with E-state index in [0.29, 0.717) is 18.0 Å². The first-order valence-corrected chi connectivity index (χ1v) is 6.29. The molecule has 0 amide bonds. The maximum Gasteiger partial charge on any atom is 0.416 e. The Labute approximate surface area is 121 Å². The van der Waals surface area contributed by atoms with E-state index < -0.39 is 11.7 Å². The topological polar surface area (TPSA) is 25.4 Å². The zero-order valence-electron chi connectivity index (χ0n) is 11.7. The van der Waals surface area contributed by atoms with E-state index in [1.807, 2.05) is 19.0 Å². The van der Waals surface area contributed by atoms with Crippen molar-refractivity contribution in [1.82, 2.24) is 9.88 Å². The molecule has 0 N–H and O–H groups in total. The van der Waals surface area contributed by atoms with Crippen LogP contribution in [0, 0.1) is 0 Å². The van der Waals surface area contributed by atoms with Gasteiger partial charge in [0, 0.05) is 24.5 Å². The normalized spacial score (nSPS) is 11.7. The van der Waals surface area contributed by atoms with E-state index in [1.54, 1.807) is 18.5 Å². The molecule has 0 spiro atoms. The number of hydrogen-bond acceptors (Lipinski definition) is 3. The molecule has 0 atom stereocenters. The quantitative estimate of drug-likeness (QED) is 0.854. The third-order valence-corrected chi connectivity index (χ3v) is 2.75. The van der Waals surface area contributed by atoms with Gasteiger partial charge >= 0.3 is 6.18 Å². The summed E-state index contributed by atoms with van der Waals surface area (Å²) in [6.45, 7) is 0.629. The molecule has 0 aliphatic rings. The average molecular weight is 296 g/mol. The van der Waals surface area contributed by atoms with Crippen LogP contribution in [0.5, 0.6) is 11.5 Å². The van der Waals surface area contributed by atoms with E-state index in [9.17, 15) is 13.2 Å². The Balaban J connectivity index is 2.19. The number of hydrogen-bond donors (Lipinski definition) is 0. The average Bonchev–Trinajstić information content (AvgIpc) is 2.40. The highest BCUT2D eigenvalue weighted by atomic mass is 19.4. The third kappa shape index (κ3) is 4.19. The zero-order chi connectivity index (χ0) is 15.5. The lowest BCUT2D eigenvalue weighted by Gasteiger charge is -2.14. The van der Waals surface area contributed by atoms with Gasteiger partial charge in [0.15, 0.2) is 0 Å². The van der Waals surface area contributed by atoms with Crippen molar-refractivity contribution in [1.29, 1.82) is 0 Å². The molecule has 112 valence electrons. The Morgan fingerprint density at radius 2 is 1.76 bits per heavy atom. The molecule has 1 aromatic carbocycles. The van der Waals surface area contributed by atoms with Crippen molar-refractivity contribution in [2.24, 2.45) is 0 Å². The van der Waals surface area contributed by atoms with Gasteiger partial charge in [-0.2, -0.15) is 13.2 Å². The molecule has 6 heteroatoms. The summed E-state index contributed by atoms with van der Waals surface area (Å²) < 4.78 is 43.1. The van der Waals surface area contributed by atoms with Gasteiger partial charge in [-0.05, 0) is 44.4 Å². The van der Waals surface area contributed by atoms with Crippen LogP contribution in [0.25, 0.3) is 0 Å². The van der Waals surface area contributed by atoms with Crippen LogP contribution in [0.15, 0.2) is 42.7 Å². The standard InChI is InChI=1S/C15H15F3N2O/c1-20(2)10-11-9-19-8-7-14(11)21-13-5-3-12(4-6-13)15(16,17)18/h3-9H,10H2,1-2H3. The second-order valence-corrected chi connectivity index (χ2v) is 4.85. The highest BCUT2D eigenvalue weighted by molar-refractivity contribution is 5.37. The number of aromatic nitrogens is 1. The van der Waals surface area contributed by atoms with Gasteiger partial charge in [0.05, 0.1) is 5.56 Å². The first-order chi connectivity index (χ1) is 9.86. The van der Waals surface area contributed by atoms with Gasteiger partial charge in [-0.15, -0.1) is 0 Å². The predicted molar refractivity (Wildman–Crippen MR) is 73.1 cm³/mol. The van der Waals surface area contributed by atoms with E-state index in [-0.39, 0.29) is 0 Å². The number of nitrogens with zero attached hydrogens (tertiary/aromatic N) is 2. The molecule has 0 unspecified atom stereocenters. The Morgan fingerprint density at radius 3 is 2.33 bits per heavy atom. The number of benzene rings is 1. The molecule has 0 saturated carbocycles. The lowest BCUT2D eigenvalue weighted by molar-refractivity contribution is -0.137. The molecular formula is C15H15F3N2O. The van der Waals surface area contributed by atoms with Crippen LogP contribution in [0.4, 0.5) is 13.2 Å². The number of ether oxygens (including phenoxy) is 1. The van der Waals surface area contributed by atoms with E-state index >= 15 is 0 Å². The van der Waals surface area contributed by atoms with Gasteiger partial charge in [-0.1, -0.05) is 0 Å². The smallest absolute Gasteiger partial charge is 0.416 e. The van der Waals surface area contributed by atoms with Gasteiger partial charge in [0.1, 0.15) is 11.5 Å². The summed E-state index contributed by atoms with van der Waals surface area (Å²) >= 11 is 0. The molecule has 1 heterocycles. The number of rotatable bonds is 4. The number of alkyl halides is 3. The second-order valence-electron chi connectivity index (χ2n) is 4.85. The van der Waals surface area contributed by atoms with Crippen molar-refractivity contribution < 1.29 is 17.9 Å². The highest BCUT2D eigenvalue weighted by Gasteiger charge is 2.30. The van der Waals surface area contributed by atoms with Crippen LogP contribution in [-0.4, -0.2) is 24.0 Å². The Morgan fingerprint density at radius 1 is 1.10 bits per heavy atom. The van der Waals surface area contributed by atoms with E-state index in [2.05, 4.69) is 4.98 Å². The van der Waals surface area contributed by atoms with Crippen LogP contribution in [0.3, 0.4) is 0 Å². The summed E-state index contributed by atoms with van der Waals surface area (Å²) in [6, 6.07) is 6.31. The Kier molecular flexibility index (Phi) is 4.47. The van der Waals surface area contributed by atoms with Gasteiger partial charge in [-0.3, -0.25) is 4.98 Å². The molecule has 2 rings (SSSR count). The minimum atomic E-state index is -4.34. The summed E-state index contributed by atoms with van der Waals surface area (Å²) in [7, 11) is 3.82. The molecular weight excluding hydrogens is 281 g/mol. The van der Waals surface area contributed by atoms with Crippen molar-refractivity contribution in [3.63, 3.8) is 0 Å². The number of pyridine rings is 1. The molecule has 21 heavy (non-hydrogen) atoms.